The fourth-order valence-corrected chi connectivity index (χ4v) is 10.4. The predicted molar refractivity (Wildman–Crippen MR) is 291 cm³/mol. The lowest BCUT2D eigenvalue weighted by molar-refractivity contribution is -0.347. The fraction of sp³-hybridized carbons (Fsp3) is 0.966. The van der Waals surface area contributed by atoms with Crippen LogP contribution in [0.3, 0.4) is 0 Å². The molecule has 11 N–H and O–H groups in total. The molecule has 444 valence electrons. The number of carbonyl (C=O) groups excluding carboxylic acids is 2. The molecular weight excluding hydrogens is 965 g/mol. The van der Waals surface area contributed by atoms with Gasteiger partial charge in [0.1, 0.15) is 61.0 Å². The number of aliphatic hydroxyl groups excluding tert-OH is 9. The van der Waals surface area contributed by atoms with Gasteiger partial charge in [-0.1, -0.05) is 226 Å². The molecular formula is C58H112N2O15. The monoisotopic (exact) mass is 1080 g/mol. The SMILES string of the molecule is CCCCCCCCCCCCCCCCCCCCC[C@@H](O)C(=O)N[C@@H](CO[C@H]1O[C@H](CO)[C@H](O[C@H]2O[C@H](CO)[C@@H](O)[C@H](O)[C@H]2NC(C)=O)[C@H](O)[C@H]1O)[C@H](O)[C@H](O)CCCCCCCCCCCCCC(C)CC. The van der Waals surface area contributed by atoms with E-state index in [1.165, 1.54) is 148 Å². The Kier molecular flexibility index (Phi) is 40.1. The molecule has 2 aliphatic rings. The van der Waals surface area contributed by atoms with E-state index in [-0.39, 0.29) is 12.8 Å². The fourth-order valence-electron chi connectivity index (χ4n) is 10.4. The van der Waals surface area contributed by atoms with E-state index >= 15 is 0 Å². The van der Waals surface area contributed by atoms with E-state index in [1.807, 2.05) is 0 Å². The zero-order valence-electron chi connectivity index (χ0n) is 47.3. The van der Waals surface area contributed by atoms with Crippen molar-refractivity contribution in [1.82, 2.24) is 10.6 Å². The normalized spacial score (nSPS) is 26.1. The van der Waals surface area contributed by atoms with E-state index in [0.717, 1.165) is 57.8 Å². The maximum atomic E-state index is 13.4. The maximum absolute atomic E-state index is 13.4. The first kappa shape index (κ1) is 69.5. The third-order valence-electron chi connectivity index (χ3n) is 15.7. The van der Waals surface area contributed by atoms with E-state index in [2.05, 4.69) is 31.4 Å². The van der Waals surface area contributed by atoms with Crippen molar-refractivity contribution in [2.45, 2.75) is 332 Å². The van der Waals surface area contributed by atoms with Gasteiger partial charge in [-0.15, -0.1) is 0 Å². The summed E-state index contributed by atoms with van der Waals surface area (Å²) in [4.78, 5) is 25.4. The van der Waals surface area contributed by atoms with E-state index in [4.69, 9.17) is 18.9 Å². The molecule has 2 heterocycles. The molecule has 0 aromatic carbocycles. The average Bonchev–Trinajstić information content (AvgIpc) is 3.40. The third kappa shape index (κ3) is 29.5. The Balaban J connectivity index is 1.90. The number of amides is 2. The summed E-state index contributed by atoms with van der Waals surface area (Å²) in [5.41, 5.74) is 0. The van der Waals surface area contributed by atoms with Crippen LogP contribution in [0.4, 0.5) is 0 Å². The summed E-state index contributed by atoms with van der Waals surface area (Å²) in [6, 6.07) is -2.67. The van der Waals surface area contributed by atoms with E-state index in [0.29, 0.717) is 12.8 Å². The van der Waals surface area contributed by atoms with Crippen LogP contribution < -0.4 is 10.6 Å². The van der Waals surface area contributed by atoms with Crippen molar-refractivity contribution >= 4 is 11.8 Å². The van der Waals surface area contributed by atoms with Crippen molar-refractivity contribution in [2.24, 2.45) is 5.92 Å². The lowest BCUT2D eigenvalue weighted by atomic mass is 9.95. The van der Waals surface area contributed by atoms with Gasteiger partial charge in [0.2, 0.25) is 11.8 Å². The van der Waals surface area contributed by atoms with Gasteiger partial charge in [0.25, 0.3) is 0 Å². The van der Waals surface area contributed by atoms with Crippen LogP contribution in [-0.4, -0.2) is 163 Å². The van der Waals surface area contributed by atoms with Crippen molar-refractivity contribution < 1.29 is 74.5 Å². The lowest BCUT2D eigenvalue weighted by Crippen LogP contribution is -2.67. The van der Waals surface area contributed by atoms with Crippen molar-refractivity contribution in [3.05, 3.63) is 0 Å². The number of ether oxygens (including phenoxy) is 4. The Hall–Kier alpha value is -1.58. The molecule has 15 atom stereocenters. The van der Waals surface area contributed by atoms with Gasteiger partial charge < -0.3 is 75.5 Å². The first-order valence-electron chi connectivity index (χ1n) is 30.3. The van der Waals surface area contributed by atoms with Crippen molar-refractivity contribution in [3.8, 4) is 0 Å². The Labute approximate surface area is 453 Å². The van der Waals surface area contributed by atoms with Crippen LogP contribution in [0.2, 0.25) is 0 Å². The molecule has 75 heavy (non-hydrogen) atoms. The van der Waals surface area contributed by atoms with E-state index < -0.39 is 117 Å². The topological polar surface area (TPSA) is 277 Å². The van der Waals surface area contributed by atoms with Crippen LogP contribution in [0, 0.1) is 5.92 Å². The minimum atomic E-state index is -1.86. The first-order chi connectivity index (χ1) is 36.2. The van der Waals surface area contributed by atoms with E-state index in [9.17, 15) is 55.5 Å². The number of hydrogen-bond donors (Lipinski definition) is 11. The zero-order chi connectivity index (χ0) is 55.2. The highest BCUT2D eigenvalue weighted by Gasteiger charge is 2.51. The van der Waals surface area contributed by atoms with Crippen LogP contribution in [0.5, 0.6) is 0 Å². The van der Waals surface area contributed by atoms with E-state index in [1.54, 1.807) is 0 Å². The van der Waals surface area contributed by atoms with Crippen LogP contribution >= 0.6 is 0 Å². The number of nitrogens with one attached hydrogen (secondary N) is 2. The highest BCUT2D eigenvalue weighted by Crippen LogP contribution is 2.30. The second kappa shape index (κ2) is 43.2. The largest absolute Gasteiger partial charge is 0.394 e. The molecule has 0 bridgehead atoms. The molecule has 0 spiro atoms. The minimum absolute atomic E-state index is 0.202. The summed E-state index contributed by atoms with van der Waals surface area (Å²) in [5.74, 6) is -0.560. The molecule has 2 fully saturated rings. The summed E-state index contributed by atoms with van der Waals surface area (Å²) in [5, 5.41) is 102. The van der Waals surface area contributed by atoms with Gasteiger partial charge in [0.05, 0.1) is 32.0 Å². The molecule has 1 unspecified atom stereocenters. The molecule has 2 rings (SSSR count). The Bertz CT molecular complexity index is 1390. The predicted octanol–water partition coefficient (Wildman–Crippen LogP) is 7.28. The molecule has 2 aliphatic heterocycles. The van der Waals surface area contributed by atoms with Crippen molar-refractivity contribution in [2.75, 3.05) is 19.8 Å². The van der Waals surface area contributed by atoms with Gasteiger partial charge in [-0.2, -0.15) is 0 Å². The molecule has 2 saturated heterocycles. The molecule has 0 aromatic heterocycles. The summed E-state index contributed by atoms with van der Waals surface area (Å²) < 4.78 is 23.2. The Morgan fingerprint density at radius 1 is 0.533 bits per heavy atom. The van der Waals surface area contributed by atoms with Crippen LogP contribution in [0.15, 0.2) is 0 Å². The number of aliphatic hydroxyl groups is 9. The van der Waals surface area contributed by atoms with Gasteiger partial charge in [0.15, 0.2) is 12.6 Å². The second-order valence-electron chi connectivity index (χ2n) is 22.4. The summed E-state index contributed by atoms with van der Waals surface area (Å²) in [6.45, 7) is 5.94. The summed E-state index contributed by atoms with van der Waals surface area (Å²) >= 11 is 0. The van der Waals surface area contributed by atoms with Crippen LogP contribution in [-0.2, 0) is 28.5 Å². The van der Waals surface area contributed by atoms with Crippen LogP contribution in [0.25, 0.3) is 0 Å². The molecule has 17 heteroatoms. The lowest BCUT2D eigenvalue weighted by Gasteiger charge is -2.47. The van der Waals surface area contributed by atoms with Crippen molar-refractivity contribution in [1.29, 1.82) is 0 Å². The summed E-state index contributed by atoms with van der Waals surface area (Å²) in [7, 11) is 0. The maximum Gasteiger partial charge on any atom is 0.249 e. The number of hydrogen-bond acceptors (Lipinski definition) is 15. The van der Waals surface area contributed by atoms with Gasteiger partial charge in [-0.05, 0) is 18.8 Å². The number of rotatable bonds is 47. The highest BCUT2D eigenvalue weighted by molar-refractivity contribution is 5.80. The van der Waals surface area contributed by atoms with Crippen molar-refractivity contribution in [3.63, 3.8) is 0 Å². The molecule has 0 radical (unpaired) electrons. The van der Waals surface area contributed by atoms with Gasteiger partial charge in [-0.3, -0.25) is 9.59 Å². The smallest absolute Gasteiger partial charge is 0.249 e. The average molecular weight is 1080 g/mol. The minimum Gasteiger partial charge on any atom is -0.394 e. The zero-order valence-corrected chi connectivity index (χ0v) is 47.3. The van der Waals surface area contributed by atoms with Gasteiger partial charge in [-0.25, -0.2) is 0 Å². The Morgan fingerprint density at radius 3 is 1.40 bits per heavy atom. The molecule has 0 aliphatic carbocycles. The highest BCUT2D eigenvalue weighted by atomic mass is 16.7. The Morgan fingerprint density at radius 2 is 0.960 bits per heavy atom. The molecule has 0 aromatic rings. The second-order valence-corrected chi connectivity index (χ2v) is 22.4. The number of carbonyl (C=O) groups is 2. The molecule has 17 nitrogen and oxygen atoms in total. The first-order valence-corrected chi connectivity index (χ1v) is 30.3. The third-order valence-corrected chi connectivity index (χ3v) is 15.7. The standard InChI is InChI=1S/C58H112N2O15/c1-5-7-8-9-10-11-12-13-14-15-16-17-18-19-22-26-29-32-35-38-46(65)56(71)60-44(50(66)45(64)37-34-31-28-25-23-20-21-24-27-30-33-36-42(3)6-2)41-72-58-54(70)53(69)55(48(40-62)74-58)75-57-49(59-43(4)63)52(68)51(67)47(39-61)73-57/h42,44-55,57-58,61-62,64-70H,5-41H2,1-4H3,(H,59,63)(H,60,71)/t42?,44-,45+,46+,47+,48+,49+,50-,51+,52+,53+,54+,55-,57+,58-/m0/s1. The van der Waals surface area contributed by atoms with Gasteiger partial charge >= 0.3 is 0 Å². The molecule has 0 saturated carbocycles. The molecule has 2 amide bonds. The van der Waals surface area contributed by atoms with Gasteiger partial charge in [0, 0.05) is 6.92 Å². The van der Waals surface area contributed by atoms with Crippen LogP contribution in [0.1, 0.15) is 246 Å². The quantitative estimate of drug-likeness (QED) is 0.0267. The summed E-state index contributed by atoms with van der Waals surface area (Å²) in [6.07, 6.45) is 20.1. The number of unbranched alkanes of at least 4 members (excludes halogenated alkanes) is 28.